The predicted octanol–water partition coefficient (Wildman–Crippen LogP) is 2.25. The highest BCUT2D eigenvalue weighted by Crippen LogP contribution is 2.24. The SMILES string of the molecule is Cc1ccc(C2CC(C(=O)NC(C)c3nc4ccccc4[nH]3)NN2)o1. The van der Waals surface area contributed by atoms with E-state index in [1.807, 2.05) is 50.2 Å². The molecule has 1 saturated heterocycles. The Balaban J connectivity index is 1.40. The molecule has 0 spiro atoms. The number of hydrogen-bond donors (Lipinski definition) is 4. The third kappa shape index (κ3) is 3.16. The van der Waals surface area contributed by atoms with Gasteiger partial charge in [0, 0.05) is 0 Å². The molecule has 0 radical (unpaired) electrons. The second-order valence-electron chi connectivity index (χ2n) is 6.45. The van der Waals surface area contributed by atoms with Crippen molar-refractivity contribution < 1.29 is 9.21 Å². The Hall–Kier alpha value is -2.64. The van der Waals surface area contributed by atoms with Gasteiger partial charge < -0.3 is 14.7 Å². The number of nitrogens with one attached hydrogen (secondary N) is 4. The van der Waals surface area contributed by atoms with Gasteiger partial charge in [-0.1, -0.05) is 12.1 Å². The molecule has 3 aromatic rings. The topological polar surface area (TPSA) is 95.0 Å². The normalized spacial score (nSPS) is 21.5. The molecule has 0 bridgehead atoms. The number of aromatic nitrogens is 2. The summed E-state index contributed by atoms with van der Waals surface area (Å²) in [7, 11) is 0. The number of amides is 1. The van der Waals surface area contributed by atoms with Crippen LogP contribution in [0.4, 0.5) is 0 Å². The Morgan fingerprint density at radius 1 is 1.28 bits per heavy atom. The van der Waals surface area contributed by atoms with Gasteiger partial charge in [-0.2, -0.15) is 0 Å². The zero-order valence-corrected chi connectivity index (χ0v) is 14.2. The van der Waals surface area contributed by atoms with Gasteiger partial charge in [-0.05, 0) is 44.5 Å². The number of carbonyl (C=O) groups excluding carboxylic acids is 1. The van der Waals surface area contributed by atoms with E-state index in [-0.39, 0.29) is 24.0 Å². The summed E-state index contributed by atoms with van der Waals surface area (Å²) in [4.78, 5) is 20.3. The molecule has 0 saturated carbocycles. The highest BCUT2D eigenvalue weighted by Gasteiger charge is 2.32. The number of aromatic amines is 1. The number of H-pyrrole nitrogens is 1. The fraction of sp³-hybridized carbons (Fsp3) is 0.333. The number of aryl methyl sites for hydroxylation is 1. The van der Waals surface area contributed by atoms with Crippen molar-refractivity contribution in [1.82, 2.24) is 26.1 Å². The van der Waals surface area contributed by atoms with Crippen LogP contribution in [-0.4, -0.2) is 21.9 Å². The molecule has 4 rings (SSSR count). The fourth-order valence-corrected chi connectivity index (χ4v) is 3.12. The molecule has 1 fully saturated rings. The van der Waals surface area contributed by atoms with E-state index in [2.05, 4.69) is 26.1 Å². The first-order chi connectivity index (χ1) is 12.1. The average Bonchev–Trinajstić information content (AvgIpc) is 3.33. The van der Waals surface area contributed by atoms with Gasteiger partial charge in [-0.25, -0.2) is 15.8 Å². The van der Waals surface area contributed by atoms with Crippen LogP contribution in [-0.2, 0) is 4.79 Å². The molecule has 4 N–H and O–H groups in total. The lowest BCUT2D eigenvalue weighted by Crippen LogP contribution is -2.44. The summed E-state index contributed by atoms with van der Waals surface area (Å²) in [5.41, 5.74) is 8.03. The monoisotopic (exact) mass is 339 g/mol. The number of hydrazine groups is 1. The number of carbonyl (C=O) groups is 1. The van der Waals surface area contributed by atoms with Crippen molar-refractivity contribution in [2.45, 2.75) is 38.4 Å². The Kier molecular flexibility index (Phi) is 4.03. The van der Waals surface area contributed by atoms with Crippen LogP contribution in [0.25, 0.3) is 11.0 Å². The lowest BCUT2D eigenvalue weighted by molar-refractivity contribution is -0.123. The number of fused-ring (bicyclic) bond motifs is 1. The minimum absolute atomic E-state index is 0.00837. The Bertz CT molecular complexity index is 867. The molecule has 7 nitrogen and oxygen atoms in total. The molecule has 3 atom stereocenters. The first-order valence-corrected chi connectivity index (χ1v) is 8.42. The fourth-order valence-electron chi connectivity index (χ4n) is 3.12. The molecule has 3 unspecified atom stereocenters. The maximum atomic E-state index is 12.5. The largest absolute Gasteiger partial charge is 0.465 e. The first kappa shape index (κ1) is 15.9. The number of nitrogens with zero attached hydrogens (tertiary/aromatic N) is 1. The molecule has 25 heavy (non-hydrogen) atoms. The number of benzene rings is 1. The van der Waals surface area contributed by atoms with Gasteiger partial charge in [-0.3, -0.25) is 4.79 Å². The number of furan rings is 1. The highest BCUT2D eigenvalue weighted by atomic mass is 16.3. The molecular weight excluding hydrogens is 318 g/mol. The maximum Gasteiger partial charge on any atom is 0.239 e. The molecule has 7 heteroatoms. The highest BCUT2D eigenvalue weighted by molar-refractivity contribution is 5.82. The summed E-state index contributed by atoms with van der Waals surface area (Å²) >= 11 is 0. The van der Waals surface area contributed by atoms with Crippen LogP contribution in [0.1, 0.15) is 42.8 Å². The molecule has 1 aliphatic heterocycles. The maximum absolute atomic E-state index is 12.5. The van der Waals surface area contributed by atoms with Crippen LogP contribution >= 0.6 is 0 Å². The van der Waals surface area contributed by atoms with E-state index < -0.39 is 0 Å². The molecule has 2 aromatic heterocycles. The Morgan fingerprint density at radius 3 is 2.88 bits per heavy atom. The molecule has 1 aromatic carbocycles. The van der Waals surface area contributed by atoms with Gasteiger partial charge in [0.05, 0.1) is 23.1 Å². The van der Waals surface area contributed by atoms with Crippen molar-refractivity contribution in [2.75, 3.05) is 0 Å². The van der Waals surface area contributed by atoms with Crippen LogP contribution in [0.5, 0.6) is 0 Å². The number of para-hydroxylation sites is 2. The molecule has 1 aliphatic rings. The molecule has 3 heterocycles. The van der Waals surface area contributed by atoms with E-state index in [4.69, 9.17) is 4.42 Å². The van der Waals surface area contributed by atoms with Gasteiger partial charge in [0.2, 0.25) is 5.91 Å². The van der Waals surface area contributed by atoms with Gasteiger partial charge in [0.15, 0.2) is 0 Å². The van der Waals surface area contributed by atoms with Gasteiger partial charge in [0.25, 0.3) is 0 Å². The standard InChI is InChI=1S/C18H21N5O2/c1-10-7-8-16(25-10)14-9-15(23-22-14)18(24)19-11(2)17-20-12-5-3-4-6-13(12)21-17/h3-8,11,14-15,22-23H,9H2,1-2H3,(H,19,24)(H,20,21). The zero-order valence-electron chi connectivity index (χ0n) is 14.2. The molecule has 0 aliphatic carbocycles. The van der Waals surface area contributed by atoms with Crippen molar-refractivity contribution in [3.63, 3.8) is 0 Å². The number of hydrogen-bond acceptors (Lipinski definition) is 5. The van der Waals surface area contributed by atoms with Crippen molar-refractivity contribution in [1.29, 1.82) is 0 Å². The third-order valence-corrected chi connectivity index (χ3v) is 4.50. The van der Waals surface area contributed by atoms with Crippen molar-refractivity contribution in [3.8, 4) is 0 Å². The van der Waals surface area contributed by atoms with E-state index in [1.165, 1.54) is 0 Å². The van der Waals surface area contributed by atoms with Gasteiger partial charge in [0.1, 0.15) is 23.4 Å². The van der Waals surface area contributed by atoms with E-state index >= 15 is 0 Å². The van der Waals surface area contributed by atoms with Crippen molar-refractivity contribution in [3.05, 3.63) is 53.7 Å². The number of rotatable bonds is 4. The van der Waals surface area contributed by atoms with Crippen LogP contribution in [0.2, 0.25) is 0 Å². The predicted molar refractivity (Wildman–Crippen MR) is 93.5 cm³/mol. The second kappa shape index (κ2) is 6.34. The molecular formula is C18H21N5O2. The van der Waals surface area contributed by atoms with Gasteiger partial charge in [-0.15, -0.1) is 0 Å². The Labute approximate surface area is 145 Å². The first-order valence-electron chi connectivity index (χ1n) is 8.42. The summed E-state index contributed by atoms with van der Waals surface area (Å²) in [6, 6.07) is 11.2. The minimum atomic E-state index is -0.317. The second-order valence-corrected chi connectivity index (χ2v) is 6.45. The lowest BCUT2D eigenvalue weighted by atomic mass is 10.1. The minimum Gasteiger partial charge on any atom is -0.465 e. The average molecular weight is 339 g/mol. The van der Waals surface area contributed by atoms with E-state index in [1.54, 1.807) is 0 Å². The summed E-state index contributed by atoms with van der Waals surface area (Å²) in [5.74, 6) is 2.39. The summed E-state index contributed by atoms with van der Waals surface area (Å²) < 4.78 is 5.63. The van der Waals surface area contributed by atoms with Gasteiger partial charge >= 0.3 is 0 Å². The van der Waals surface area contributed by atoms with Crippen LogP contribution in [0, 0.1) is 6.92 Å². The summed E-state index contributed by atoms with van der Waals surface area (Å²) in [6.45, 7) is 3.83. The summed E-state index contributed by atoms with van der Waals surface area (Å²) in [5, 5.41) is 3.01. The van der Waals surface area contributed by atoms with Crippen LogP contribution in [0.15, 0.2) is 40.8 Å². The van der Waals surface area contributed by atoms with Crippen molar-refractivity contribution in [2.24, 2.45) is 0 Å². The zero-order chi connectivity index (χ0) is 17.4. The van der Waals surface area contributed by atoms with E-state index in [0.29, 0.717) is 6.42 Å². The summed E-state index contributed by atoms with van der Waals surface area (Å²) in [6.07, 6.45) is 0.631. The number of imidazole rings is 1. The van der Waals surface area contributed by atoms with Crippen molar-refractivity contribution >= 4 is 16.9 Å². The van der Waals surface area contributed by atoms with Crippen LogP contribution in [0.3, 0.4) is 0 Å². The lowest BCUT2D eigenvalue weighted by Gasteiger charge is -2.15. The third-order valence-electron chi connectivity index (χ3n) is 4.50. The molecule has 1 amide bonds. The molecule has 130 valence electrons. The van der Waals surface area contributed by atoms with E-state index in [0.717, 1.165) is 28.4 Å². The Morgan fingerprint density at radius 2 is 2.12 bits per heavy atom. The quantitative estimate of drug-likeness (QED) is 0.585. The van der Waals surface area contributed by atoms with E-state index in [9.17, 15) is 4.79 Å². The smallest absolute Gasteiger partial charge is 0.239 e. The van der Waals surface area contributed by atoms with Crippen LogP contribution < -0.4 is 16.2 Å².